The number of nitrogens with zero attached hydrogens (tertiary/aromatic N) is 3. The van der Waals surface area contributed by atoms with E-state index in [1.165, 1.54) is 5.56 Å². The van der Waals surface area contributed by atoms with Crippen LogP contribution in [0.25, 0.3) is 10.2 Å². The van der Waals surface area contributed by atoms with Gasteiger partial charge in [-0.1, -0.05) is 31.3 Å². The van der Waals surface area contributed by atoms with Crippen LogP contribution in [-0.4, -0.2) is 61.8 Å². The molecule has 0 radical (unpaired) electrons. The van der Waals surface area contributed by atoms with Gasteiger partial charge in [0.25, 0.3) is 5.91 Å². The summed E-state index contributed by atoms with van der Waals surface area (Å²) in [6.45, 7) is 18.6. The first-order chi connectivity index (χ1) is 17.4. The zero-order chi connectivity index (χ0) is 26.2. The highest BCUT2D eigenvalue weighted by Crippen LogP contribution is 2.40. The predicted octanol–water partition coefficient (Wildman–Crippen LogP) is 6.52. The summed E-state index contributed by atoms with van der Waals surface area (Å²) in [6.07, 6.45) is 0. The summed E-state index contributed by atoms with van der Waals surface area (Å²) in [7, 11) is 0. The minimum atomic E-state index is -0.138. The zero-order valence-corrected chi connectivity index (χ0v) is 24.7. The molecule has 204 valence electrons. The maximum absolute atomic E-state index is 14.1. The summed E-state index contributed by atoms with van der Waals surface area (Å²) in [5.41, 5.74) is 3.77. The van der Waals surface area contributed by atoms with Crippen LogP contribution in [0.15, 0.2) is 24.3 Å². The van der Waals surface area contributed by atoms with Crippen molar-refractivity contribution in [1.29, 1.82) is 0 Å². The molecule has 0 N–H and O–H groups in total. The first kappa shape index (κ1) is 30.7. The van der Waals surface area contributed by atoms with Gasteiger partial charge in [-0.3, -0.25) is 9.69 Å². The van der Waals surface area contributed by atoms with Gasteiger partial charge in [-0.05, 0) is 77.0 Å². The third-order valence-corrected chi connectivity index (χ3v) is 7.28. The van der Waals surface area contributed by atoms with E-state index in [0.29, 0.717) is 54.3 Å². The minimum absolute atomic E-state index is 0. The van der Waals surface area contributed by atoms with Crippen LogP contribution in [0.4, 0.5) is 5.13 Å². The Balaban J connectivity index is 0.00000481. The van der Waals surface area contributed by atoms with Crippen LogP contribution in [0.2, 0.25) is 0 Å². The normalized spacial score (nSPS) is 10.9. The average Bonchev–Trinajstić information content (AvgIpc) is 3.30. The van der Waals surface area contributed by atoms with E-state index in [2.05, 4.69) is 44.7 Å². The number of ether oxygens (including phenoxy) is 3. The standard InChI is InChI=1S/C28H39N3O4S.ClH/c1-8-30(9-2)15-16-31(28-29-25-20(7)19(6)13-14-24(25)36-28)27(32)21-17-22(33-10-3)26(35-12-5)23(18-21)34-11-4;/h13-14,17-18H,8-12,15-16H2,1-7H3;1H. The molecule has 2 aromatic carbocycles. The fourth-order valence-electron chi connectivity index (χ4n) is 4.06. The molecule has 0 unspecified atom stereocenters. The Kier molecular flexibility index (Phi) is 11.9. The summed E-state index contributed by atoms with van der Waals surface area (Å²) >= 11 is 1.55. The second-order valence-corrected chi connectivity index (χ2v) is 9.44. The third-order valence-electron chi connectivity index (χ3n) is 6.24. The van der Waals surface area contributed by atoms with Crippen LogP contribution in [0.1, 0.15) is 56.1 Å². The van der Waals surface area contributed by atoms with Crippen molar-refractivity contribution in [3.63, 3.8) is 0 Å². The number of amides is 1. The van der Waals surface area contributed by atoms with Crippen LogP contribution < -0.4 is 19.1 Å². The van der Waals surface area contributed by atoms with Crippen molar-refractivity contribution in [2.24, 2.45) is 0 Å². The van der Waals surface area contributed by atoms with Gasteiger partial charge in [0.15, 0.2) is 16.6 Å². The van der Waals surface area contributed by atoms with Crippen molar-refractivity contribution in [3.05, 3.63) is 41.0 Å². The molecule has 1 heterocycles. The fraction of sp³-hybridized carbons (Fsp3) is 0.500. The molecule has 0 aliphatic rings. The van der Waals surface area contributed by atoms with Crippen LogP contribution in [0.5, 0.6) is 17.2 Å². The molecule has 3 rings (SSSR count). The van der Waals surface area contributed by atoms with Crippen LogP contribution in [-0.2, 0) is 0 Å². The monoisotopic (exact) mass is 549 g/mol. The molecule has 0 aliphatic carbocycles. The van der Waals surface area contributed by atoms with Gasteiger partial charge in [0.2, 0.25) is 5.75 Å². The molecule has 0 aliphatic heterocycles. The second-order valence-electron chi connectivity index (χ2n) is 8.43. The van der Waals surface area contributed by atoms with Crippen molar-refractivity contribution < 1.29 is 19.0 Å². The van der Waals surface area contributed by atoms with E-state index in [0.717, 1.165) is 35.4 Å². The number of fused-ring (bicyclic) bond motifs is 1. The lowest BCUT2D eigenvalue weighted by Gasteiger charge is -2.25. The number of likely N-dealkylation sites (N-methyl/N-ethyl adjacent to an activating group) is 1. The summed E-state index contributed by atoms with van der Waals surface area (Å²) in [6, 6.07) is 7.71. The SMILES string of the molecule is CCOc1cc(C(=O)N(CCN(CC)CC)c2nc3c(C)c(C)ccc3s2)cc(OCC)c1OCC.Cl. The van der Waals surface area contributed by atoms with Gasteiger partial charge in [0.05, 0.1) is 30.0 Å². The lowest BCUT2D eigenvalue weighted by Crippen LogP contribution is -2.39. The number of halogens is 1. The summed E-state index contributed by atoms with van der Waals surface area (Å²) in [5.74, 6) is 1.40. The van der Waals surface area contributed by atoms with E-state index in [4.69, 9.17) is 19.2 Å². The Labute approximate surface area is 231 Å². The number of benzene rings is 2. The van der Waals surface area contributed by atoms with Crippen LogP contribution >= 0.6 is 23.7 Å². The third kappa shape index (κ3) is 7.06. The number of carbonyl (C=O) groups excluding carboxylic acids is 1. The number of hydrogen-bond acceptors (Lipinski definition) is 7. The Morgan fingerprint density at radius 1 is 0.892 bits per heavy atom. The number of anilines is 1. The Hall–Kier alpha value is -2.55. The highest BCUT2D eigenvalue weighted by Gasteiger charge is 2.26. The van der Waals surface area contributed by atoms with E-state index in [1.54, 1.807) is 28.4 Å². The number of hydrogen-bond donors (Lipinski definition) is 0. The van der Waals surface area contributed by atoms with Gasteiger partial charge in [-0.25, -0.2) is 4.98 Å². The molecule has 9 heteroatoms. The van der Waals surface area contributed by atoms with Crippen molar-refractivity contribution in [2.75, 3.05) is 50.9 Å². The molecule has 0 saturated heterocycles. The van der Waals surface area contributed by atoms with E-state index in [9.17, 15) is 4.79 Å². The largest absolute Gasteiger partial charge is 0.490 e. The predicted molar refractivity (Wildman–Crippen MR) is 156 cm³/mol. The van der Waals surface area contributed by atoms with Crippen LogP contribution in [0.3, 0.4) is 0 Å². The highest BCUT2D eigenvalue weighted by molar-refractivity contribution is 7.22. The Morgan fingerprint density at radius 3 is 2.03 bits per heavy atom. The number of aryl methyl sites for hydroxylation is 2. The highest BCUT2D eigenvalue weighted by atomic mass is 35.5. The van der Waals surface area contributed by atoms with E-state index < -0.39 is 0 Å². The number of aromatic nitrogens is 1. The summed E-state index contributed by atoms with van der Waals surface area (Å²) < 4.78 is 18.6. The molecule has 1 amide bonds. The Morgan fingerprint density at radius 2 is 1.49 bits per heavy atom. The molecule has 3 aromatic rings. The van der Waals surface area contributed by atoms with Crippen molar-refractivity contribution in [1.82, 2.24) is 9.88 Å². The number of carbonyl (C=O) groups is 1. The van der Waals surface area contributed by atoms with E-state index in [-0.39, 0.29) is 18.3 Å². The molecule has 0 bridgehead atoms. The molecule has 0 spiro atoms. The average molecular weight is 550 g/mol. The number of rotatable bonds is 13. The van der Waals surface area contributed by atoms with Crippen molar-refractivity contribution in [2.45, 2.75) is 48.5 Å². The maximum atomic E-state index is 14.1. The van der Waals surface area contributed by atoms with Gasteiger partial charge in [-0.15, -0.1) is 12.4 Å². The summed E-state index contributed by atoms with van der Waals surface area (Å²) in [5, 5.41) is 0.695. The topological polar surface area (TPSA) is 64.1 Å². The molecular formula is C28H40ClN3O4S. The minimum Gasteiger partial charge on any atom is -0.490 e. The molecular weight excluding hydrogens is 510 g/mol. The molecule has 1 aromatic heterocycles. The van der Waals surface area contributed by atoms with Crippen molar-refractivity contribution in [3.8, 4) is 17.2 Å². The van der Waals surface area contributed by atoms with Crippen molar-refractivity contribution >= 4 is 45.0 Å². The smallest absolute Gasteiger partial charge is 0.260 e. The van der Waals surface area contributed by atoms with Gasteiger partial charge in [-0.2, -0.15) is 0 Å². The van der Waals surface area contributed by atoms with Gasteiger partial charge < -0.3 is 19.1 Å². The van der Waals surface area contributed by atoms with Gasteiger partial charge in [0.1, 0.15) is 0 Å². The van der Waals surface area contributed by atoms with Gasteiger partial charge >= 0.3 is 0 Å². The molecule has 0 atom stereocenters. The van der Waals surface area contributed by atoms with Crippen LogP contribution in [0, 0.1) is 13.8 Å². The quantitative estimate of drug-likeness (QED) is 0.242. The second kappa shape index (κ2) is 14.4. The molecule has 0 fully saturated rings. The molecule has 37 heavy (non-hydrogen) atoms. The lowest BCUT2D eigenvalue weighted by atomic mass is 10.1. The van der Waals surface area contributed by atoms with E-state index >= 15 is 0 Å². The lowest BCUT2D eigenvalue weighted by molar-refractivity contribution is 0.0982. The first-order valence-corrected chi connectivity index (χ1v) is 13.7. The molecule has 0 saturated carbocycles. The zero-order valence-electron chi connectivity index (χ0n) is 23.1. The first-order valence-electron chi connectivity index (χ1n) is 12.9. The van der Waals surface area contributed by atoms with E-state index in [1.807, 2.05) is 20.8 Å². The maximum Gasteiger partial charge on any atom is 0.260 e. The fourth-order valence-corrected chi connectivity index (χ4v) is 5.11. The van der Waals surface area contributed by atoms with Gasteiger partial charge in [0, 0.05) is 18.7 Å². The Bertz CT molecular complexity index is 1150. The molecule has 7 nitrogen and oxygen atoms in total. The summed E-state index contributed by atoms with van der Waals surface area (Å²) in [4.78, 5) is 23.1. The number of thiazole rings is 1.